The van der Waals surface area contributed by atoms with E-state index in [-0.39, 0.29) is 24.2 Å². The highest BCUT2D eigenvalue weighted by molar-refractivity contribution is 5.82. The summed E-state index contributed by atoms with van der Waals surface area (Å²) in [4.78, 5) is 12.7. The molecule has 1 amide bonds. The van der Waals surface area contributed by atoms with Crippen LogP contribution in [0.3, 0.4) is 0 Å². The molecule has 1 N–H and O–H groups in total. The van der Waals surface area contributed by atoms with E-state index in [4.69, 9.17) is 14.2 Å². The van der Waals surface area contributed by atoms with Gasteiger partial charge in [0.1, 0.15) is 18.0 Å². The maximum atomic E-state index is 12.7. The zero-order chi connectivity index (χ0) is 17.4. The van der Waals surface area contributed by atoms with Gasteiger partial charge in [-0.2, -0.15) is 0 Å². The van der Waals surface area contributed by atoms with Crippen LogP contribution in [0, 0.1) is 0 Å². The van der Waals surface area contributed by atoms with Crippen LogP contribution in [0.2, 0.25) is 0 Å². The molecule has 0 saturated carbocycles. The van der Waals surface area contributed by atoms with Gasteiger partial charge in [-0.1, -0.05) is 30.3 Å². The molecule has 2 aliphatic heterocycles. The second-order valence-electron chi connectivity index (χ2n) is 7.03. The van der Waals surface area contributed by atoms with Crippen molar-refractivity contribution in [3.8, 4) is 17.2 Å². The third kappa shape index (κ3) is 3.14. The molecule has 0 bridgehead atoms. The van der Waals surface area contributed by atoms with Crippen LogP contribution in [-0.2, 0) is 4.79 Å². The first-order valence-electron chi connectivity index (χ1n) is 8.49. The molecule has 0 saturated heterocycles. The van der Waals surface area contributed by atoms with E-state index in [9.17, 15) is 4.79 Å². The van der Waals surface area contributed by atoms with Gasteiger partial charge in [-0.25, -0.2) is 0 Å². The Bertz CT molecular complexity index is 802. The molecule has 0 aliphatic carbocycles. The van der Waals surface area contributed by atoms with Gasteiger partial charge in [0.25, 0.3) is 5.91 Å². The van der Waals surface area contributed by atoms with Crippen molar-refractivity contribution < 1.29 is 19.0 Å². The molecule has 25 heavy (non-hydrogen) atoms. The Morgan fingerprint density at radius 2 is 1.72 bits per heavy atom. The molecule has 130 valence electrons. The summed E-state index contributed by atoms with van der Waals surface area (Å²) >= 11 is 0. The minimum absolute atomic E-state index is 0.117. The second-order valence-corrected chi connectivity index (χ2v) is 7.03. The lowest BCUT2D eigenvalue weighted by molar-refractivity contribution is -0.131. The highest BCUT2D eigenvalue weighted by Crippen LogP contribution is 2.39. The summed E-state index contributed by atoms with van der Waals surface area (Å²) in [5.41, 5.74) is 0.648. The number of rotatable bonds is 2. The van der Waals surface area contributed by atoms with Crippen molar-refractivity contribution in [3.05, 3.63) is 54.1 Å². The normalized spacial score (nSPS) is 23.1. The van der Waals surface area contributed by atoms with Crippen LogP contribution in [0.5, 0.6) is 17.2 Å². The average molecular weight is 339 g/mol. The fourth-order valence-corrected chi connectivity index (χ4v) is 3.34. The first-order chi connectivity index (χ1) is 12.0. The summed E-state index contributed by atoms with van der Waals surface area (Å²) < 4.78 is 17.5. The van der Waals surface area contributed by atoms with Crippen LogP contribution in [-0.4, -0.2) is 24.2 Å². The van der Waals surface area contributed by atoms with E-state index in [1.807, 2.05) is 62.4 Å². The fourth-order valence-electron chi connectivity index (χ4n) is 3.34. The van der Waals surface area contributed by atoms with E-state index in [1.165, 1.54) is 0 Å². The van der Waals surface area contributed by atoms with Gasteiger partial charge in [0, 0.05) is 12.0 Å². The molecule has 2 atom stereocenters. The van der Waals surface area contributed by atoms with E-state index in [0.29, 0.717) is 17.9 Å². The summed E-state index contributed by atoms with van der Waals surface area (Å²) in [5, 5.41) is 3.11. The molecule has 2 heterocycles. The monoisotopic (exact) mass is 339 g/mol. The fraction of sp³-hybridized carbons (Fsp3) is 0.350. The van der Waals surface area contributed by atoms with Gasteiger partial charge in [0.05, 0.1) is 6.04 Å². The van der Waals surface area contributed by atoms with Crippen LogP contribution in [0.15, 0.2) is 48.5 Å². The van der Waals surface area contributed by atoms with E-state index >= 15 is 0 Å². The first-order valence-corrected chi connectivity index (χ1v) is 8.49. The molecular weight excluding hydrogens is 318 g/mol. The Kier molecular flexibility index (Phi) is 3.79. The predicted molar refractivity (Wildman–Crippen MR) is 93.0 cm³/mol. The number of ether oxygens (including phenoxy) is 3. The molecule has 0 aromatic heterocycles. The molecule has 2 aromatic rings. The number of amides is 1. The Morgan fingerprint density at radius 1 is 1.04 bits per heavy atom. The van der Waals surface area contributed by atoms with Crippen molar-refractivity contribution in [1.29, 1.82) is 0 Å². The quantitative estimate of drug-likeness (QED) is 0.912. The molecule has 2 aliphatic rings. The molecule has 0 fully saturated rings. The van der Waals surface area contributed by atoms with Gasteiger partial charge in [-0.3, -0.25) is 4.79 Å². The Hall–Kier alpha value is -2.69. The summed E-state index contributed by atoms with van der Waals surface area (Å²) in [6, 6.07) is 15.1. The Morgan fingerprint density at radius 3 is 2.52 bits per heavy atom. The average Bonchev–Trinajstić information content (AvgIpc) is 2.60. The molecule has 0 unspecified atom stereocenters. The molecule has 4 rings (SSSR count). The Balaban J connectivity index is 1.52. The van der Waals surface area contributed by atoms with Crippen molar-refractivity contribution in [2.75, 3.05) is 6.61 Å². The molecule has 5 heteroatoms. The van der Waals surface area contributed by atoms with Crippen LogP contribution >= 0.6 is 0 Å². The van der Waals surface area contributed by atoms with Crippen LogP contribution < -0.4 is 19.5 Å². The van der Waals surface area contributed by atoms with Crippen molar-refractivity contribution >= 4 is 5.91 Å². The van der Waals surface area contributed by atoms with Gasteiger partial charge in [-0.05, 0) is 32.0 Å². The molecular formula is C20H21NO4. The van der Waals surface area contributed by atoms with Crippen molar-refractivity contribution in [1.82, 2.24) is 5.32 Å². The lowest BCUT2D eigenvalue weighted by Crippen LogP contribution is -2.48. The number of benzene rings is 2. The largest absolute Gasteiger partial charge is 0.487 e. The van der Waals surface area contributed by atoms with E-state index < -0.39 is 6.10 Å². The first kappa shape index (κ1) is 15.8. The maximum absolute atomic E-state index is 12.7. The number of carbonyl (C=O) groups is 1. The van der Waals surface area contributed by atoms with Gasteiger partial charge >= 0.3 is 0 Å². The van der Waals surface area contributed by atoms with Gasteiger partial charge in [0.15, 0.2) is 11.5 Å². The van der Waals surface area contributed by atoms with Crippen LogP contribution in [0.1, 0.15) is 31.9 Å². The summed E-state index contributed by atoms with van der Waals surface area (Å²) in [5.74, 6) is 1.91. The lowest BCUT2D eigenvalue weighted by Gasteiger charge is -2.38. The highest BCUT2D eigenvalue weighted by Gasteiger charge is 2.36. The number of fused-ring (bicyclic) bond motifs is 2. The molecule has 0 spiro atoms. The number of nitrogens with one attached hydrogen (secondary N) is 1. The maximum Gasteiger partial charge on any atom is 0.265 e. The van der Waals surface area contributed by atoms with E-state index in [0.717, 1.165) is 11.3 Å². The van der Waals surface area contributed by atoms with Crippen LogP contribution in [0.25, 0.3) is 0 Å². The minimum atomic E-state index is -0.659. The third-order valence-electron chi connectivity index (χ3n) is 4.49. The Labute approximate surface area is 146 Å². The van der Waals surface area contributed by atoms with Gasteiger partial charge in [0.2, 0.25) is 6.10 Å². The third-order valence-corrected chi connectivity index (χ3v) is 4.49. The molecule has 0 radical (unpaired) electrons. The minimum Gasteiger partial charge on any atom is -0.487 e. The standard InChI is InChI=1S/C20H21NO4/c1-20(2)11-14(13-7-3-4-8-15(13)25-20)21-19(22)18-12-23-16-9-5-6-10-17(16)24-18/h3-10,14,18H,11-12H2,1-2H3,(H,21,22)/t14-,18-/m1/s1. The number of para-hydroxylation sites is 3. The number of hydrogen-bond acceptors (Lipinski definition) is 4. The smallest absolute Gasteiger partial charge is 0.265 e. The number of hydrogen-bond donors (Lipinski definition) is 1. The lowest BCUT2D eigenvalue weighted by atomic mass is 9.89. The van der Waals surface area contributed by atoms with Crippen molar-refractivity contribution in [3.63, 3.8) is 0 Å². The predicted octanol–water partition coefficient (Wildman–Crippen LogP) is 3.25. The summed E-state index contributed by atoms with van der Waals surface area (Å²) in [6.07, 6.45) is 0.0351. The topological polar surface area (TPSA) is 56.8 Å². The van der Waals surface area contributed by atoms with Gasteiger partial charge in [-0.15, -0.1) is 0 Å². The summed E-state index contributed by atoms with van der Waals surface area (Å²) in [6.45, 7) is 4.26. The van der Waals surface area contributed by atoms with Crippen molar-refractivity contribution in [2.45, 2.75) is 38.0 Å². The van der Waals surface area contributed by atoms with E-state index in [2.05, 4.69) is 5.32 Å². The van der Waals surface area contributed by atoms with Crippen LogP contribution in [0.4, 0.5) is 0 Å². The second kappa shape index (κ2) is 5.99. The number of carbonyl (C=O) groups excluding carboxylic acids is 1. The molecule has 2 aromatic carbocycles. The SMILES string of the molecule is CC1(C)C[C@@H](NC(=O)[C@H]2COc3ccccc3O2)c2ccccc2O1. The van der Waals surface area contributed by atoms with Gasteiger partial charge < -0.3 is 19.5 Å². The highest BCUT2D eigenvalue weighted by atomic mass is 16.6. The van der Waals surface area contributed by atoms with E-state index in [1.54, 1.807) is 0 Å². The zero-order valence-corrected chi connectivity index (χ0v) is 14.3. The summed E-state index contributed by atoms with van der Waals surface area (Å²) in [7, 11) is 0. The zero-order valence-electron chi connectivity index (χ0n) is 14.3. The molecule has 5 nitrogen and oxygen atoms in total. The van der Waals surface area contributed by atoms with Crippen molar-refractivity contribution in [2.24, 2.45) is 0 Å².